The van der Waals surface area contributed by atoms with Gasteiger partial charge in [0, 0.05) is 13.1 Å². The van der Waals surface area contributed by atoms with Crippen molar-refractivity contribution in [3.63, 3.8) is 0 Å². The molecule has 1 N–H and O–H groups in total. The zero-order chi connectivity index (χ0) is 19.0. The van der Waals surface area contributed by atoms with Gasteiger partial charge in [0.1, 0.15) is 11.5 Å². The maximum absolute atomic E-state index is 12.6. The Morgan fingerprint density at radius 3 is 2.85 bits per heavy atom. The lowest BCUT2D eigenvalue weighted by Crippen LogP contribution is -2.26. The SMILES string of the molecule is Cc1cc(CN(C)C(=O)c2cc(Cn3c(C)nc4ccccc43)[nH]n2)on1. The Morgan fingerprint density at radius 2 is 2.07 bits per heavy atom. The molecular formula is C19H20N6O2. The molecule has 0 saturated heterocycles. The molecule has 4 aromatic rings. The minimum Gasteiger partial charge on any atom is -0.359 e. The molecule has 27 heavy (non-hydrogen) atoms. The smallest absolute Gasteiger partial charge is 0.274 e. The molecule has 0 bridgehead atoms. The van der Waals surface area contributed by atoms with Crippen molar-refractivity contribution in [3.8, 4) is 0 Å². The molecule has 0 atom stereocenters. The monoisotopic (exact) mass is 364 g/mol. The molecule has 0 aliphatic rings. The summed E-state index contributed by atoms with van der Waals surface area (Å²) < 4.78 is 7.26. The van der Waals surface area contributed by atoms with Crippen LogP contribution >= 0.6 is 0 Å². The number of carbonyl (C=O) groups excluding carboxylic acids is 1. The van der Waals surface area contributed by atoms with Gasteiger partial charge in [0.2, 0.25) is 0 Å². The molecule has 3 heterocycles. The largest absolute Gasteiger partial charge is 0.359 e. The third kappa shape index (κ3) is 3.33. The lowest BCUT2D eigenvalue weighted by atomic mass is 10.3. The number of hydrogen-bond acceptors (Lipinski definition) is 5. The summed E-state index contributed by atoms with van der Waals surface area (Å²) >= 11 is 0. The molecule has 1 amide bonds. The van der Waals surface area contributed by atoms with Crippen molar-refractivity contribution in [1.29, 1.82) is 0 Å². The van der Waals surface area contributed by atoms with E-state index in [0.717, 1.165) is 28.2 Å². The molecule has 8 heteroatoms. The van der Waals surface area contributed by atoms with Crippen molar-refractivity contribution >= 4 is 16.9 Å². The van der Waals surface area contributed by atoms with E-state index in [2.05, 4.69) is 24.9 Å². The first-order chi connectivity index (χ1) is 13.0. The zero-order valence-corrected chi connectivity index (χ0v) is 15.4. The maximum atomic E-state index is 12.6. The van der Waals surface area contributed by atoms with Gasteiger partial charge in [0.05, 0.1) is 35.5 Å². The van der Waals surface area contributed by atoms with Crippen LogP contribution in [0.4, 0.5) is 0 Å². The summed E-state index contributed by atoms with van der Waals surface area (Å²) in [5.74, 6) is 1.37. The van der Waals surface area contributed by atoms with Crippen molar-refractivity contribution < 1.29 is 9.32 Å². The highest BCUT2D eigenvalue weighted by atomic mass is 16.5. The van der Waals surface area contributed by atoms with Gasteiger partial charge in [-0.3, -0.25) is 9.89 Å². The topological polar surface area (TPSA) is 92.8 Å². The molecular weight excluding hydrogens is 344 g/mol. The Hall–Kier alpha value is -3.42. The predicted molar refractivity (Wildman–Crippen MR) is 99.2 cm³/mol. The second kappa shape index (κ2) is 6.71. The Morgan fingerprint density at radius 1 is 1.26 bits per heavy atom. The third-order valence-electron chi connectivity index (χ3n) is 4.44. The van der Waals surface area contributed by atoms with Crippen LogP contribution in [0.1, 0.15) is 33.5 Å². The van der Waals surface area contributed by atoms with Gasteiger partial charge in [-0.05, 0) is 32.0 Å². The second-order valence-corrected chi connectivity index (χ2v) is 6.61. The van der Waals surface area contributed by atoms with Gasteiger partial charge in [0.25, 0.3) is 5.91 Å². The number of nitrogens with one attached hydrogen (secondary N) is 1. The number of carbonyl (C=O) groups is 1. The Kier molecular flexibility index (Phi) is 4.23. The van der Waals surface area contributed by atoms with Crippen LogP contribution in [0.3, 0.4) is 0 Å². The van der Waals surface area contributed by atoms with E-state index in [9.17, 15) is 4.79 Å². The van der Waals surface area contributed by atoms with Gasteiger partial charge in [-0.1, -0.05) is 17.3 Å². The van der Waals surface area contributed by atoms with E-state index in [4.69, 9.17) is 4.52 Å². The molecule has 8 nitrogen and oxygen atoms in total. The van der Waals surface area contributed by atoms with E-state index in [0.29, 0.717) is 24.5 Å². The number of amides is 1. The number of aromatic amines is 1. The summed E-state index contributed by atoms with van der Waals surface area (Å²) in [6.07, 6.45) is 0. The lowest BCUT2D eigenvalue weighted by molar-refractivity contribution is 0.0766. The summed E-state index contributed by atoms with van der Waals surface area (Å²) in [7, 11) is 1.71. The van der Waals surface area contributed by atoms with Gasteiger partial charge >= 0.3 is 0 Å². The molecule has 0 radical (unpaired) electrons. The summed E-state index contributed by atoms with van der Waals surface area (Å²) in [4.78, 5) is 18.7. The van der Waals surface area contributed by atoms with Crippen molar-refractivity contribution in [1.82, 2.24) is 29.8 Å². The molecule has 3 aromatic heterocycles. The van der Waals surface area contributed by atoms with Crippen LogP contribution < -0.4 is 0 Å². The summed E-state index contributed by atoms with van der Waals surface area (Å²) in [6.45, 7) is 4.72. The molecule has 0 spiro atoms. The number of nitrogens with zero attached hydrogens (tertiary/aromatic N) is 5. The number of imidazole rings is 1. The van der Waals surface area contributed by atoms with Crippen LogP contribution in [-0.2, 0) is 13.1 Å². The average Bonchev–Trinajstić information content (AvgIpc) is 3.35. The zero-order valence-electron chi connectivity index (χ0n) is 15.4. The molecule has 0 aliphatic carbocycles. The van der Waals surface area contributed by atoms with Crippen LogP contribution in [0.2, 0.25) is 0 Å². The van der Waals surface area contributed by atoms with Crippen molar-refractivity contribution in [2.45, 2.75) is 26.9 Å². The number of benzene rings is 1. The van der Waals surface area contributed by atoms with E-state index in [1.165, 1.54) is 0 Å². The van der Waals surface area contributed by atoms with Crippen LogP contribution in [0.25, 0.3) is 11.0 Å². The van der Waals surface area contributed by atoms with Crippen LogP contribution in [0.15, 0.2) is 40.9 Å². The molecule has 1 aromatic carbocycles. The molecule has 0 aliphatic heterocycles. The van der Waals surface area contributed by atoms with E-state index < -0.39 is 0 Å². The minimum absolute atomic E-state index is 0.182. The third-order valence-corrected chi connectivity index (χ3v) is 4.44. The Balaban J connectivity index is 1.51. The molecule has 0 saturated carbocycles. The highest BCUT2D eigenvalue weighted by Gasteiger charge is 2.18. The second-order valence-electron chi connectivity index (χ2n) is 6.61. The average molecular weight is 364 g/mol. The highest BCUT2D eigenvalue weighted by molar-refractivity contribution is 5.92. The van der Waals surface area contributed by atoms with E-state index in [1.807, 2.05) is 44.2 Å². The fourth-order valence-corrected chi connectivity index (χ4v) is 3.11. The molecule has 4 rings (SSSR count). The highest BCUT2D eigenvalue weighted by Crippen LogP contribution is 2.17. The van der Waals surface area contributed by atoms with Gasteiger partial charge in [-0.2, -0.15) is 5.10 Å². The number of aromatic nitrogens is 5. The van der Waals surface area contributed by atoms with Gasteiger partial charge in [0.15, 0.2) is 5.76 Å². The van der Waals surface area contributed by atoms with Gasteiger partial charge < -0.3 is 14.0 Å². The maximum Gasteiger partial charge on any atom is 0.274 e. The molecule has 0 unspecified atom stereocenters. The van der Waals surface area contributed by atoms with Crippen LogP contribution in [-0.4, -0.2) is 42.8 Å². The number of fused-ring (bicyclic) bond motifs is 1. The first kappa shape index (κ1) is 17.0. The number of aryl methyl sites for hydroxylation is 2. The quantitative estimate of drug-likeness (QED) is 0.588. The fraction of sp³-hybridized carbons (Fsp3) is 0.263. The number of hydrogen-bond donors (Lipinski definition) is 1. The summed E-state index contributed by atoms with van der Waals surface area (Å²) in [5.41, 5.74) is 4.00. The van der Waals surface area contributed by atoms with Crippen molar-refractivity contribution in [3.05, 3.63) is 65.1 Å². The van der Waals surface area contributed by atoms with Crippen molar-refractivity contribution in [2.24, 2.45) is 0 Å². The first-order valence-corrected chi connectivity index (χ1v) is 8.65. The van der Waals surface area contributed by atoms with Crippen LogP contribution in [0.5, 0.6) is 0 Å². The summed E-state index contributed by atoms with van der Waals surface area (Å²) in [6, 6.07) is 11.6. The van der Waals surface area contributed by atoms with Gasteiger partial charge in [-0.15, -0.1) is 0 Å². The Labute approximate surface area is 155 Å². The summed E-state index contributed by atoms with van der Waals surface area (Å²) in [5, 5.41) is 11.0. The fourth-order valence-electron chi connectivity index (χ4n) is 3.11. The lowest BCUT2D eigenvalue weighted by Gasteiger charge is -2.13. The molecule has 138 valence electrons. The minimum atomic E-state index is -0.182. The van der Waals surface area contributed by atoms with Gasteiger partial charge in [-0.25, -0.2) is 4.98 Å². The van der Waals surface area contributed by atoms with E-state index in [1.54, 1.807) is 18.0 Å². The number of H-pyrrole nitrogens is 1. The van der Waals surface area contributed by atoms with E-state index >= 15 is 0 Å². The predicted octanol–water partition coefficient (Wildman–Crippen LogP) is 2.68. The number of para-hydroxylation sites is 2. The molecule has 0 fully saturated rings. The normalized spacial score (nSPS) is 11.2. The number of rotatable bonds is 5. The van der Waals surface area contributed by atoms with Crippen LogP contribution in [0, 0.1) is 13.8 Å². The van der Waals surface area contributed by atoms with E-state index in [-0.39, 0.29) is 5.91 Å². The van der Waals surface area contributed by atoms with Crippen molar-refractivity contribution in [2.75, 3.05) is 7.05 Å². The Bertz CT molecular complexity index is 1110. The standard InChI is InChI=1S/C19H20N6O2/c1-12-8-15(27-23-12)11-24(3)19(26)17-9-14(21-22-17)10-25-13(2)20-16-6-4-5-7-18(16)25/h4-9H,10-11H2,1-3H3,(H,21,22). The first-order valence-electron chi connectivity index (χ1n) is 8.65.